The summed E-state index contributed by atoms with van der Waals surface area (Å²) < 4.78 is 25.4. The molecule has 0 aliphatic carbocycles. The zero-order chi connectivity index (χ0) is 20.1. The molecule has 1 aliphatic rings. The number of para-hydroxylation sites is 1. The maximum Gasteiger partial charge on any atom is 0.335 e. The fourth-order valence-electron chi connectivity index (χ4n) is 3.35. The van der Waals surface area contributed by atoms with Crippen molar-refractivity contribution in [2.24, 2.45) is 0 Å². The van der Waals surface area contributed by atoms with Crippen LogP contribution >= 0.6 is 0 Å². The van der Waals surface area contributed by atoms with Crippen LogP contribution in [0.2, 0.25) is 0 Å². The molecule has 0 bridgehead atoms. The smallest absolute Gasteiger partial charge is 0.335 e. The van der Waals surface area contributed by atoms with Crippen molar-refractivity contribution in [2.45, 2.75) is 31.8 Å². The average molecular weight is 387 g/mol. The number of methoxy groups -OCH3 is 1. The van der Waals surface area contributed by atoms with E-state index in [1.165, 1.54) is 36.3 Å². The monoisotopic (exact) mass is 387 g/mol. The van der Waals surface area contributed by atoms with Crippen LogP contribution in [0.4, 0.5) is 10.1 Å². The van der Waals surface area contributed by atoms with Crippen molar-refractivity contribution in [3.05, 3.63) is 65.2 Å². The van der Waals surface area contributed by atoms with E-state index in [-0.39, 0.29) is 18.1 Å². The van der Waals surface area contributed by atoms with Gasteiger partial charge in [0.2, 0.25) is 0 Å². The van der Waals surface area contributed by atoms with Crippen molar-refractivity contribution >= 4 is 17.4 Å². The van der Waals surface area contributed by atoms with Crippen LogP contribution < -0.4 is 4.90 Å². The lowest BCUT2D eigenvalue weighted by atomic mass is 9.98. The first kappa shape index (κ1) is 20.0. The number of piperidine rings is 1. The summed E-state index contributed by atoms with van der Waals surface area (Å²) in [6.07, 6.45) is -0.160. The first-order chi connectivity index (χ1) is 13.5. The summed E-state index contributed by atoms with van der Waals surface area (Å²) in [5.41, 5.74) is 1.21. The summed E-state index contributed by atoms with van der Waals surface area (Å²) in [4.78, 5) is 25.6. The Labute approximate surface area is 162 Å². The summed E-state index contributed by atoms with van der Waals surface area (Å²) in [6, 6.07) is 12.5. The number of nitrogens with zero attached hydrogens (tertiary/aromatic N) is 1. The van der Waals surface area contributed by atoms with E-state index in [9.17, 15) is 14.0 Å². The Hall–Kier alpha value is -2.77. The van der Waals surface area contributed by atoms with Crippen molar-refractivity contribution in [2.75, 3.05) is 18.8 Å². The average Bonchev–Trinajstić information content (AvgIpc) is 2.72. The molecule has 0 aromatic heterocycles. The van der Waals surface area contributed by atoms with Crippen molar-refractivity contribution in [1.82, 2.24) is 0 Å². The van der Waals surface area contributed by atoms with E-state index in [2.05, 4.69) is 0 Å². The van der Waals surface area contributed by atoms with Crippen LogP contribution in [0.1, 0.15) is 45.5 Å². The summed E-state index contributed by atoms with van der Waals surface area (Å²) in [5, 5.41) is 9.02. The van der Waals surface area contributed by atoms with E-state index in [1.54, 1.807) is 24.3 Å². The van der Waals surface area contributed by atoms with Gasteiger partial charge < -0.3 is 19.5 Å². The van der Waals surface area contributed by atoms with Gasteiger partial charge in [0, 0.05) is 18.2 Å². The molecular formula is C21H22FNO5. The van der Waals surface area contributed by atoms with Crippen LogP contribution in [-0.2, 0) is 9.47 Å². The van der Waals surface area contributed by atoms with E-state index >= 15 is 0 Å². The molecule has 0 amide bonds. The number of carbonyl (C=O) groups excluding carboxylic acids is 1. The Morgan fingerprint density at radius 2 is 1.79 bits per heavy atom. The van der Waals surface area contributed by atoms with Gasteiger partial charge in [0.05, 0.1) is 11.3 Å². The van der Waals surface area contributed by atoms with Gasteiger partial charge in [0.25, 0.3) is 0 Å². The lowest BCUT2D eigenvalue weighted by Gasteiger charge is -2.40. The number of ether oxygens (including phenoxy) is 2. The predicted molar refractivity (Wildman–Crippen MR) is 101 cm³/mol. The largest absolute Gasteiger partial charge is 0.478 e. The van der Waals surface area contributed by atoms with Crippen LogP contribution in [0.25, 0.3) is 0 Å². The van der Waals surface area contributed by atoms with Gasteiger partial charge in [-0.25, -0.2) is 9.18 Å². The standard InChI is InChI=1S/C21H22FNO5/c1-27-13-28-19-8-4-7-18(22)23(19)17-6-3-2-5-16(17)20(24)14-9-11-15(12-10-14)21(25)26/h2-3,5-6,9-12,18-19H,4,7-8,13H2,1H3,(H,25,26). The van der Waals surface area contributed by atoms with Gasteiger partial charge in [0.15, 0.2) is 12.1 Å². The van der Waals surface area contributed by atoms with Crippen LogP contribution in [0.3, 0.4) is 0 Å². The van der Waals surface area contributed by atoms with E-state index in [0.29, 0.717) is 36.1 Å². The highest BCUT2D eigenvalue weighted by atomic mass is 19.1. The zero-order valence-corrected chi connectivity index (χ0v) is 15.5. The van der Waals surface area contributed by atoms with E-state index < -0.39 is 18.5 Å². The SMILES string of the molecule is COCOC1CCCC(F)N1c1ccccc1C(=O)c1ccc(C(=O)O)cc1. The minimum atomic E-state index is -1.28. The molecule has 148 valence electrons. The number of alkyl halides is 1. The Morgan fingerprint density at radius 3 is 2.46 bits per heavy atom. The molecule has 1 N–H and O–H groups in total. The topological polar surface area (TPSA) is 76.1 Å². The Morgan fingerprint density at radius 1 is 1.11 bits per heavy atom. The van der Waals surface area contributed by atoms with E-state index in [4.69, 9.17) is 14.6 Å². The van der Waals surface area contributed by atoms with Crippen molar-refractivity contribution in [1.29, 1.82) is 0 Å². The fourth-order valence-corrected chi connectivity index (χ4v) is 3.35. The van der Waals surface area contributed by atoms with Crippen LogP contribution in [0, 0.1) is 0 Å². The molecule has 6 nitrogen and oxygen atoms in total. The van der Waals surface area contributed by atoms with E-state index in [0.717, 1.165) is 0 Å². The molecule has 2 atom stereocenters. The normalized spacial score (nSPS) is 19.4. The third-order valence-electron chi connectivity index (χ3n) is 4.70. The quantitative estimate of drug-likeness (QED) is 0.442. The number of ketones is 1. The third-order valence-corrected chi connectivity index (χ3v) is 4.70. The summed E-state index contributed by atoms with van der Waals surface area (Å²) in [6.45, 7) is 0.0284. The molecule has 0 radical (unpaired) electrons. The number of benzene rings is 2. The van der Waals surface area contributed by atoms with Gasteiger partial charge in [-0.3, -0.25) is 4.79 Å². The van der Waals surface area contributed by atoms with Gasteiger partial charge in [-0.15, -0.1) is 0 Å². The van der Waals surface area contributed by atoms with Gasteiger partial charge in [-0.2, -0.15) is 0 Å². The number of anilines is 1. The van der Waals surface area contributed by atoms with Crippen molar-refractivity contribution in [3.8, 4) is 0 Å². The third kappa shape index (κ3) is 4.21. The van der Waals surface area contributed by atoms with Gasteiger partial charge in [-0.05, 0) is 43.5 Å². The molecule has 3 rings (SSSR count). The minimum Gasteiger partial charge on any atom is -0.478 e. The molecule has 2 aromatic rings. The maximum atomic E-state index is 14.8. The maximum absolute atomic E-state index is 14.8. The lowest BCUT2D eigenvalue weighted by molar-refractivity contribution is -0.0882. The van der Waals surface area contributed by atoms with E-state index in [1.807, 2.05) is 0 Å². The molecule has 2 unspecified atom stereocenters. The second kappa shape index (κ2) is 8.95. The molecule has 28 heavy (non-hydrogen) atoms. The second-order valence-electron chi connectivity index (χ2n) is 6.53. The number of hydrogen-bond donors (Lipinski definition) is 1. The van der Waals surface area contributed by atoms with Crippen LogP contribution in [0.15, 0.2) is 48.5 Å². The fraction of sp³-hybridized carbons (Fsp3) is 0.333. The molecule has 0 saturated carbocycles. The Kier molecular flexibility index (Phi) is 6.38. The molecule has 1 heterocycles. The first-order valence-electron chi connectivity index (χ1n) is 9.03. The Bertz CT molecular complexity index is 839. The van der Waals surface area contributed by atoms with Crippen LogP contribution in [-0.4, -0.2) is 43.3 Å². The summed E-state index contributed by atoms with van der Waals surface area (Å²) in [7, 11) is 1.50. The van der Waals surface area contributed by atoms with Gasteiger partial charge in [0.1, 0.15) is 13.0 Å². The molecule has 1 saturated heterocycles. The number of aromatic carboxylic acids is 1. The molecular weight excluding hydrogens is 365 g/mol. The minimum absolute atomic E-state index is 0.0284. The van der Waals surface area contributed by atoms with Crippen LogP contribution in [0.5, 0.6) is 0 Å². The number of carboxylic acid groups (broad SMARTS) is 1. The number of carboxylic acids is 1. The van der Waals surface area contributed by atoms with Crippen molar-refractivity contribution < 1.29 is 28.6 Å². The summed E-state index contributed by atoms with van der Waals surface area (Å²) in [5.74, 6) is -1.37. The molecule has 1 fully saturated rings. The van der Waals surface area contributed by atoms with Gasteiger partial charge >= 0.3 is 5.97 Å². The highest BCUT2D eigenvalue weighted by Gasteiger charge is 2.33. The number of rotatable bonds is 7. The van der Waals surface area contributed by atoms with Crippen molar-refractivity contribution in [3.63, 3.8) is 0 Å². The predicted octanol–water partition coefficient (Wildman–Crippen LogP) is 3.85. The number of hydrogen-bond acceptors (Lipinski definition) is 5. The van der Waals surface area contributed by atoms with Gasteiger partial charge in [-0.1, -0.05) is 24.3 Å². The Balaban J connectivity index is 1.95. The summed E-state index contributed by atoms with van der Waals surface area (Å²) >= 11 is 0. The highest BCUT2D eigenvalue weighted by molar-refractivity contribution is 6.12. The molecule has 2 aromatic carbocycles. The first-order valence-corrected chi connectivity index (χ1v) is 9.03. The zero-order valence-electron chi connectivity index (χ0n) is 15.5. The number of halogens is 1. The second-order valence-corrected chi connectivity index (χ2v) is 6.53. The molecule has 7 heteroatoms. The highest BCUT2D eigenvalue weighted by Crippen LogP contribution is 2.34. The molecule has 1 aliphatic heterocycles. The lowest BCUT2D eigenvalue weighted by Crippen LogP contribution is -2.47. The molecule has 0 spiro atoms. The number of carbonyl (C=O) groups is 2.